The van der Waals surface area contributed by atoms with Crippen molar-refractivity contribution in [2.24, 2.45) is 5.92 Å². The minimum atomic E-state index is -0.0922. The molecule has 104 valence electrons. The van der Waals surface area contributed by atoms with Crippen LogP contribution in [0.3, 0.4) is 0 Å². The van der Waals surface area contributed by atoms with E-state index in [9.17, 15) is 4.39 Å². The maximum Gasteiger partial charge on any atom is 0.146 e. The van der Waals surface area contributed by atoms with E-state index in [0.29, 0.717) is 0 Å². The van der Waals surface area contributed by atoms with Crippen molar-refractivity contribution in [3.63, 3.8) is 0 Å². The summed E-state index contributed by atoms with van der Waals surface area (Å²) >= 11 is 0. The lowest BCUT2D eigenvalue weighted by Crippen LogP contribution is -2.50. The van der Waals surface area contributed by atoms with Crippen molar-refractivity contribution in [1.82, 2.24) is 4.90 Å². The first-order valence-corrected chi connectivity index (χ1v) is 7.47. The van der Waals surface area contributed by atoms with Gasteiger partial charge in [-0.2, -0.15) is 0 Å². The van der Waals surface area contributed by atoms with E-state index in [4.69, 9.17) is 0 Å². The SMILES string of the molecule is CC1CCC(N2CCN(c3ccccc3F)CC2)C1. The summed E-state index contributed by atoms with van der Waals surface area (Å²) in [6, 6.07) is 7.90. The standard InChI is InChI=1S/C16H23FN2/c1-13-6-7-14(12-13)18-8-10-19(11-9-18)16-5-3-2-4-15(16)17/h2-5,13-14H,6-12H2,1H3. The van der Waals surface area contributed by atoms with Crippen LogP contribution in [0.25, 0.3) is 0 Å². The Morgan fingerprint density at radius 1 is 1.05 bits per heavy atom. The summed E-state index contributed by atoms with van der Waals surface area (Å²) < 4.78 is 13.8. The second kappa shape index (κ2) is 5.49. The Morgan fingerprint density at radius 3 is 2.42 bits per heavy atom. The smallest absolute Gasteiger partial charge is 0.146 e. The van der Waals surface area contributed by atoms with Gasteiger partial charge >= 0.3 is 0 Å². The highest BCUT2D eigenvalue weighted by atomic mass is 19.1. The summed E-state index contributed by atoms with van der Waals surface area (Å²) in [4.78, 5) is 4.80. The number of hydrogen-bond donors (Lipinski definition) is 0. The minimum Gasteiger partial charge on any atom is -0.367 e. The van der Waals surface area contributed by atoms with E-state index in [-0.39, 0.29) is 5.82 Å². The summed E-state index contributed by atoms with van der Waals surface area (Å²) in [6.07, 6.45) is 4.07. The van der Waals surface area contributed by atoms with Crippen LogP contribution in [0.5, 0.6) is 0 Å². The predicted molar refractivity (Wildman–Crippen MR) is 77.0 cm³/mol. The number of benzene rings is 1. The third kappa shape index (κ3) is 2.76. The topological polar surface area (TPSA) is 6.48 Å². The predicted octanol–water partition coefficient (Wildman–Crippen LogP) is 3.14. The molecule has 0 amide bonds. The molecule has 1 aliphatic carbocycles. The molecule has 0 bridgehead atoms. The Balaban J connectivity index is 1.59. The van der Waals surface area contributed by atoms with Gasteiger partial charge < -0.3 is 4.90 Å². The van der Waals surface area contributed by atoms with E-state index in [2.05, 4.69) is 16.7 Å². The van der Waals surface area contributed by atoms with Gasteiger partial charge in [-0.25, -0.2) is 4.39 Å². The molecule has 1 aromatic carbocycles. The average molecular weight is 262 g/mol. The van der Waals surface area contributed by atoms with E-state index in [1.807, 2.05) is 12.1 Å². The van der Waals surface area contributed by atoms with Crippen LogP contribution in [0.4, 0.5) is 10.1 Å². The second-order valence-corrected chi connectivity index (χ2v) is 6.05. The van der Waals surface area contributed by atoms with E-state index >= 15 is 0 Å². The molecular formula is C16H23FN2. The van der Waals surface area contributed by atoms with E-state index in [1.165, 1.54) is 19.3 Å². The number of piperazine rings is 1. The number of halogens is 1. The first-order chi connectivity index (χ1) is 9.24. The molecule has 1 aromatic rings. The first kappa shape index (κ1) is 12.9. The average Bonchev–Trinajstić information content (AvgIpc) is 2.86. The molecule has 3 rings (SSSR count). The normalized spacial score (nSPS) is 28.8. The third-order valence-corrected chi connectivity index (χ3v) is 4.69. The monoisotopic (exact) mass is 262 g/mol. The van der Waals surface area contributed by atoms with Gasteiger partial charge in [0.25, 0.3) is 0 Å². The van der Waals surface area contributed by atoms with Crippen LogP contribution in [0.1, 0.15) is 26.2 Å². The minimum absolute atomic E-state index is 0.0922. The molecule has 0 spiro atoms. The van der Waals surface area contributed by atoms with Gasteiger partial charge in [0.1, 0.15) is 5.82 Å². The number of nitrogens with zero attached hydrogens (tertiary/aromatic N) is 2. The number of rotatable bonds is 2. The molecule has 0 aromatic heterocycles. The largest absolute Gasteiger partial charge is 0.367 e. The van der Waals surface area contributed by atoms with Gasteiger partial charge in [-0.3, -0.25) is 4.90 Å². The Bertz CT molecular complexity index is 427. The Labute approximate surface area is 115 Å². The van der Waals surface area contributed by atoms with Crippen molar-refractivity contribution >= 4 is 5.69 Å². The van der Waals surface area contributed by atoms with Crippen molar-refractivity contribution in [2.75, 3.05) is 31.1 Å². The molecule has 0 N–H and O–H groups in total. The molecule has 1 saturated carbocycles. The fourth-order valence-corrected chi connectivity index (χ4v) is 3.54. The van der Waals surface area contributed by atoms with Gasteiger partial charge in [0.15, 0.2) is 0 Å². The summed E-state index contributed by atoms with van der Waals surface area (Å²) in [5.74, 6) is 0.792. The van der Waals surface area contributed by atoms with Gasteiger partial charge in [-0.1, -0.05) is 19.1 Å². The molecule has 1 heterocycles. The Hall–Kier alpha value is -1.09. The molecule has 1 aliphatic heterocycles. The number of para-hydroxylation sites is 1. The van der Waals surface area contributed by atoms with Crippen LogP contribution >= 0.6 is 0 Å². The highest BCUT2D eigenvalue weighted by molar-refractivity contribution is 5.48. The second-order valence-electron chi connectivity index (χ2n) is 6.05. The first-order valence-electron chi connectivity index (χ1n) is 7.47. The number of anilines is 1. The quantitative estimate of drug-likeness (QED) is 0.808. The van der Waals surface area contributed by atoms with Gasteiger partial charge in [0, 0.05) is 32.2 Å². The summed E-state index contributed by atoms with van der Waals surface area (Å²) in [6.45, 7) is 6.41. The fraction of sp³-hybridized carbons (Fsp3) is 0.625. The van der Waals surface area contributed by atoms with E-state index in [0.717, 1.165) is 43.8 Å². The summed E-state index contributed by atoms with van der Waals surface area (Å²) in [7, 11) is 0. The van der Waals surface area contributed by atoms with E-state index in [1.54, 1.807) is 12.1 Å². The van der Waals surface area contributed by atoms with Crippen LogP contribution in [-0.4, -0.2) is 37.1 Å². The van der Waals surface area contributed by atoms with E-state index < -0.39 is 0 Å². The lowest BCUT2D eigenvalue weighted by molar-refractivity contribution is 0.184. The number of hydrogen-bond acceptors (Lipinski definition) is 2. The molecule has 2 atom stereocenters. The molecule has 2 aliphatic rings. The lowest BCUT2D eigenvalue weighted by Gasteiger charge is -2.39. The molecule has 2 nitrogen and oxygen atoms in total. The highest BCUT2D eigenvalue weighted by Crippen LogP contribution is 2.30. The van der Waals surface area contributed by atoms with Gasteiger partial charge in [0.05, 0.1) is 5.69 Å². The van der Waals surface area contributed by atoms with Crippen LogP contribution in [-0.2, 0) is 0 Å². The lowest BCUT2D eigenvalue weighted by atomic mass is 10.1. The maximum absolute atomic E-state index is 13.8. The molecule has 0 radical (unpaired) electrons. The van der Waals surface area contributed by atoms with Crippen LogP contribution in [0.15, 0.2) is 24.3 Å². The van der Waals surface area contributed by atoms with Gasteiger partial charge in [-0.15, -0.1) is 0 Å². The molecule has 19 heavy (non-hydrogen) atoms. The van der Waals surface area contributed by atoms with Crippen molar-refractivity contribution in [3.05, 3.63) is 30.1 Å². The molecule has 3 heteroatoms. The maximum atomic E-state index is 13.8. The van der Waals surface area contributed by atoms with Crippen molar-refractivity contribution in [1.29, 1.82) is 0 Å². The summed E-state index contributed by atoms with van der Waals surface area (Å²) in [5.41, 5.74) is 0.766. The zero-order valence-corrected chi connectivity index (χ0v) is 11.7. The molecule has 2 unspecified atom stereocenters. The molecule has 1 saturated heterocycles. The summed E-state index contributed by atoms with van der Waals surface area (Å²) in [5, 5.41) is 0. The van der Waals surface area contributed by atoms with Crippen molar-refractivity contribution < 1.29 is 4.39 Å². The van der Waals surface area contributed by atoms with Crippen LogP contribution in [0.2, 0.25) is 0 Å². The van der Waals surface area contributed by atoms with Gasteiger partial charge in [-0.05, 0) is 37.3 Å². The molecular weight excluding hydrogens is 239 g/mol. The molecule has 2 fully saturated rings. The zero-order valence-electron chi connectivity index (χ0n) is 11.7. The van der Waals surface area contributed by atoms with Gasteiger partial charge in [0.2, 0.25) is 0 Å². The Kier molecular flexibility index (Phi) is 3.74. The highest BCUT2D eigenvalue weighted by Gasteiger charge is 2.29. The fourth-order valence-electron chi connectivity index (χ4n) is 3.54. The van der Waals surface area contributed by atoms with Crippen LogP contribution < -0.4 is 4.90 Å². The van der Waals surface area contributed by atoms with Crippen molar-refractivity contribution in [3.8, 4) is 0 Å². The van der Waals surface area contributed by atoms with Crippen LogP contribution in [0, 0.1) is 11.7 Å². The Morgan fingerprint density at radius 2 is 1.79 bits per heavy atom. The third-order valence-electron chi connectivity index (χ3n) is 4.69. The zero-order chi connectivity index (χ0) is 13.2. The van der Waals surface area contributed by atoms with Crippen molar-refractivity contribution in [2.45, 2.75) is 32.2 Å².